The summed E-state index contributed by atoms with van der Waals surface area (Å²) in [5, 5.41) is 0. The van der Waals surface area contributed by atoms with Gasteiger partial charge in [0, 0.05) is 30.1 Å². The average molecular weight is 179 g/mol. The Bertz CT molecular complexity index is 321. The van der Waals surface area contributed by atoms with Gasteiger partial charge in [-0.25, -0.2) is 0 Å². The summed E-state index contributed by atoms with van der Waals surface area (Å²) in [5.74, 6) is 0.0533. The van der Waals surface area contributed by atoms with E-state index in [9.17, 15) is 4.79 Å². The van der Waals surface area contributed by atoms with E-state index in [1.165, 1.54) is 0 Å². The number of pyridine rings is 1. The maximum absolute atomic E-state index is 11.2. The van der Waals surface area contributed by atoms with Crippen molar-refractivity contribution in [2.75, 3.05) is 7.11 Å². The molecule has 0 aliphatic heterocycles. The van der Waals surface area contributed by atoms with Crippen molar-refractivity contribution < 1.29 is 9.53 Å². The van der Waals surface area contributed by atoms with Crippen LogP contribution >= 0.6 is 0 Å². The molecule has 0 saturated heterocycles. The molecular weight excluding hydrogens is 166 g/mol. The Labute approximate surface area is 77.8 Å². The van der Waals surface area contributed by atoms with Crippen LogP contribution in [0, 0.1) is 6.92 Å². The molecule has 0 unspecified atom stereocenters. The Morgan fingerprint density at radius 1 is 1.62 bits per heavy atom. The van der Waals surface area contributed by atoms with E-state index in [4.69, 9.17) is 4.74 Å². The summed E-state index contributed by atoms with van der Waals surface area (Å²) < 4.78 is 5.01. The number of carbonyl (C=O) groups excluding carboxylic acids is 1. The van der Waals surface area contributed by atoms with Crippen LogP contribution in [-0.4, -0.2) is 17.9 Å². The zero-order valence-electron chi connectivity index (χ0n) is 8.13. The summed E-state index contributed by atoms with van der Waals surface area (Å²) in [6.07, 6.45) is 1.64. The normalized spacial score (nSPS) is 10.1. The highest BCUT2D eigenvalue weighted by Gasteiger charge is 2.09. The molecule has 0 bridgehead atoms. The van der Waals surface area contributed by atoms with Crippen LogP contribution in [-0.2, 0) is 11.3 Å². The van der Waals surface area contributed by atoms with Gasteiger partial charge in [-0.3, -0.25) is 9.78 Å². The van der Waals surface area contributed by atoms with Gasteiger partial charge in [0.1, 0.15) is 0 Å². The van der Waals surface area contributed by atoms with Gasteiger partial charge in [0.05, 0.1) is 6.61 Å². The van der Waals surface area contributed by atoms with Gasteiger partial charge in [0.2, 0.25) is 0 Å². The highest BCUT2D eigenvalue weighted by molar-refractivity contribution is 5.95. The highest BCUT2D eigenvalue weighted by atomic mass is 16.5. The van der Waals surface area contributed by atoms with Crippen LogP contribution in [0.5, 0.6) is 0 Å². The number of aryl methyl sites for hydroxylation is 1. The molecule has 0 saturated carbocycles. The lowest BCUT2D eigenvalue weighted by Crippen LogP contribution is -2.04. The number of nitrogens with zero attached hydrogens (tertiary/aromatic N) is 1. The summed E-state index contributed by atoms with van der Waals surface area (Å²) in [6.45, 7) is 3.86. The Balaban J connectivity index is 3.17. The zero-order chi connectivity index (χ0) is 9.84. The molecule has 3 heteroatoms. The first-order chi connectivity index (χ1) is 6.16. The number of rotatable bonds is 3. The van der Waals surface area contributed by atoms with Crippen LogP contribution in [0.15, 0.2) is 12.3 Å². The largest absolute Gasteiger partial charge is 0.380 e. The van der Waals surface area contributed by atoms with Crippen LogP contribution in [0.4, 0.5) is 0 Å². The van der Waals surface area contributed by atoms with Gasteiger partial charge in [-0.1, -0.05) is 0 Å². The molecule has 0 aliphatic rings. The van der Waals surface area contributed by atoms with Crippen molar-refractivity contribution in [3.05, 3.63) is 29.1 Å². The molecule has 0 radical (unpaired) electrons. The van der Waals surface area contributed by atoms with Crippen LogP contribution in [0.1, 0.15) is 28.5 Å². The Morgan fingerprint density at radius 2 is 2.31 bits per heavy atom. The first-order valence-corrected chi connectivity index (χ1v) is 4.11. The number of aromatic nitrogens is 1. The van der Waals surface area contributed by atoms with Crippen LogP contribution in [0.3, 0.4) is 0 Å². The van der Waals surface area contributed by atoms with E-state index in [1.54, 1.807) is 26.3 Å². The summed E-state index contributed by atoms with van der Waals surface area (Å²) in [7, 11) is 1.61. The molecule has 70 valence electrons. The van der Waals surface area contributed by atoms with E-state index in [0.717, 1.165) is 11.3 Å². The molecule has 0 spiro atoms. The third-order valence-electron chi connectivity index (χ3n) is 1.94. The maximum atomic E-state index is 11.2. The summed E-state index contributed by atoms with van der Waals surface area (Å²) in [4.78, 5) is 15.3. The van der Waals surface area contributed by atoms with E-state index >= 15 is 0 Å². The first-order valence-electron chi connectivity index (χ1n) is 4.11. The predicted octanol–water partition coefficient (Wildman–Crippen LogP) is 1.74. The molecule has 1 aromatic rings. The minimum Gasteiger partial charge on any atom is -0.380 e. The number of Topliss-reactive ketones (excluding diaryl/α,β-unsaturated/α-hetero) is 1. The lowest BCUT2D eigenvalue weighted by Gasteiger charge is -2.07. The minimum absolute atomic E-state index is 0.0533. The van der Waals surface area contributed by atoms with E-state index in [0.29, 0.717) is 12.2 Å². The minimum atomic E-state index is 0.0533. The van der Waals surface area contributed by atoms with Gasteiger partial charge in [-0.05, 0) is 19.9 Å². The summed E-state index contributed by atoms with van der Waals surface area (Å²) in [5.41, 5.74) is 2.45. The number of ether oxygens (including phenoxy) is 1. The van der Waals surface area contributed by atoms with Gasteiger partial charge < -0.3 is 4.74 Å². The molecule has 0 aliphatic carbocycles. The maximum Gasteiger partial charge on any atom is 0.160 e. The van der Waals surface area contributed by atoms with Crippen molar-refractivity contribution in [1.82, 2.24) is 4.98 Å². The van der Waals surface area contributed by atoms with E-state index in [2.05, 4.69) is 4.98 Å². The SMILES string of the molecule is COCc1c(C(C)=O)ccnc1C. The van der Waals surface area contributed by atoms with Crippen molar-refractivity contribution in [3.8, 4) is 0 Å². The van der Waals surface area contributed by atoms with Gasteiger partial charge in [-0.2, -0.15) is 0 Å². The third-order valence-corrected chi connectivity index (χ3v) is 1.94. The highest BCUT2D eigenvalue weighted by Crippen LogP contribution is 2.13. The second-order valence-corrected chi connectivity index (χ2v) is 2.91. The second-order valence-electron chi connectivity index (χ2n) is 2.91. The Kier molecular flexibility index (Phi) is 3.14. The van der Waals surface area contributed by atoms with Gasteiger partial charge in [0.25, 0.3) is 0 Å². The fourth-order valence-electron chi connectivity index (χ4n) is 1.25. The summed E-state index contributed by atoms with van der Waals surface area (Å²) in [6, 6.07) is 1.73. The molecule has 0 atom stereocenters. The number of carbonyl (C=O) groups is 1. The standard InChI is InChI=1S/C10H13NO2/c1-7-10(6-13-3)9(8(2)12)4-5-11-7/h4-5H,6H2,1-3H3. The molecule has 1 aromatic heterocycles. The van der Waals surface area contributed by atoms with Crippen molar-refractivity contribution in [2.45, 2.75) is 20.5 Å². The first kappa shape index (κ1) is 9.86. The van der Waals surface area contributed by atoms with E-state index < -0.39 is 0 Å². The van der Waals surface area contributed by atoms with Crippen LogP contribution < -0.4 is 0 Å². The van der Waals surface area contributed by atoms with Crippen molar-refractivity contribution in [2.24, 2.45) is 0 Å². The molecule has 0 fully saturated rings. The van der Waals surface area contributed by atoms with Gasteiger partial charge >= 0.3 is 0 Å². The number of hydrogen-bond acceptors (Lipinski definition) is 3. The summed E-state index contributed by atoms with van der Waals surface area (Å²) >= 11 is 0. The van der Waals surface area contributed by atoms with E-state index in [1.807, 2.05) is 6.92 Å². The smallest absolute Gasteiger partial charge is 0.160 e. The molecular formula is C10H13NO2. The van der Waals surface area contributed by atoms with Crippen molar-refractivity contribution >= 4 is 5.78 Å². The molecule has 3 nitrogen and oxygen atoms in total. The molecule has 1 heterocycles. The molecule has 0 N–H and O–H groups in total. The lowest BCUT2D eigenvalue weighted by molar-refractivity contribution is 0.101. The molecule has 0 aromatic carbocycles. The van der Waals surface area contributed by atoms with Gasteiger partial charge in [0.15, 0.2) is 5.78 Å². The Hall–Kier alpha value is -1.22. The van der Waals surface area contributed by atoms with Gasteiger partial charge in [-0.15, -0.1) is 0 Å². The quantitative estimate of drug-likeness (QED) is 0.663. The number of methoxy groups -OCH3 is 1. The predicted molar refractivity (Wildman–Crippen MR) is 49.7 cm³/mol. The van der Waals surface area contributed by atoms with Crippen molar-refractivity contribution in [1.29, 1.82) is 0 Å². The fraction of sp³-hybridized carbons (Fsp3) is 0.400. The third kappa shape index (κ3) is 2.12. The number of hydrogen-bond donors (Lipinski definition) is 0. The number of ketones is 1. The average Bonchev–Trinajstić information content (AvgIpc) is 2.08. The Morgan fingerprint density at radius 3 is 2.85 bits per heavy atom. The van der Waals surface area contributed by atoms with Crippen LogP contribution in [0.25, 0.3) is 0 Å². The monoisotopic (exact) mass is 179 g/mol. The van der Waals surface area contributed by atoms with Crippen molar-refractivity contribution in [3.63, 3.8) is 0 Å². The molecule has 1 rings (SSSR count). The van der Waals surface area contributed by atoms with E-state index in [-0.39, 0.29) is 5.78 Å². The topological polar surface area (TPSA) is 39.2 Å². The fourth-order valence-corrected chi connectivity index (χ4v) is 1.25. The zero-order valence-corrected chi connectivity index (χ0v) is 8.13. The van der Waals surface area contributed by atoms with Crippen LogP contribution in [0.2, 0.25) is 0 Å². The second kappa shape index (κ2) is 4.14. The molecule has 13 heavy (non-hydrogen) atoms. The lowest BCUT2D eigenvalue weighted by atomic mass is 10.0. The molecule has 0 amide bonds.